The lowest BCUT2D eigenvalue weighted by molar-refractivity contribution is 0.0984. The van der Waals surface area contributed by atoms with E-state index in [0.717, 1.165) is 24.0 Å². The Morgan fingerprint density at radius 2 is 2.00 bits per heavy atom. The third kappa shape index (κ3) is 2.48. The van der Waals surface area contributed by atoms with Crippen molar-refractivity contribution in [3.8, 4) is 11.3 Å². The molecule has 2 heterocycles. The number of hydrogen-bond acceptors (Lipinski definition) is 3. The van der Waals surface area contributed by atoms with Gasteiger partial charge in [0.25, 0.3) is 5.91 Å². The second kappa shape index (κ2) is 5.92. The molecule has 0 unspecified atom stereocenters. The van der Waals surface area contributed by atoms with Crippen molar-refractivity contribution >= 4 is 11.6 Å². The second-order valence-corrected chi connectivity index (χ2v) is 5.75. The zero-order valence-electron chi connectivity index (χ0n) is 12.9. The van der Waals surface area contributed by atoms with E-state index < -0.39 is 0 Å². The van der Waals surface area contributed by atoms with Crippen LogP contribution in [0.25, 0.3) is 11.3 Å². The van der Waals surface area contributed by atoms with Crippen LogP contribution in [0.15, 0.2) is 59.5 Å². The third-order valence-corrected chi connectivity index (χ3v) is 4.26. The highest BCUT2D eigenvalue weighted by molar-refractivity contribution is 6.07. The highest BCUT2D eigenvalue weighted by Crippen LogP contribution is 2.31. The predicted octanol–water partition coefficient (Wildman–Crippen LogP) is 4.07. The Labute approximate surface area is 138 Å². The Morgan fingerprint density at radius 3 is 2.75 bits per heavy atom. The van der Waals surface area contributed by atoms with E-state index in [1.54, 1.807) is 36.5 Å². The van der Waals surface area contributed by atoms with Crippen LogP contribution < -0.4 is 4.90 Å². The summed E-state index contributed by atoms with van der Waals surface area (Å²) in [5, 5.41) is 0. The van der Waals surface area contributed by atoms with E-state index in [4.69, 9.17) is 4.42 Å². The number of fused-ring (bicyclic) bond motifs is 1. The number of benzene rings is 2. The van der Waals surface area contributed by atoms with Crippen LogP contribution in [-0.2, 0) is 6.42 Å². The van der Waals surface area contributed by atoms with Gasteiger partial charge in [-0.2, -0.15) is 0 Å². The molecular formula is C19H15FN2O2. The van der Waals surface area contributed by atoms with E-state index in [1.807, 2.05) is 6.07 Å². The lowest BCUT2D eigenvalue weighted by Crippen LogP contribution is -2.36. The number of para-hydroxylation sites is 1. The minimum Gasteiger partial charge on any atom is -0.444 e. The van der Waals surface area contributed by atoms with E-state index in [9.17, 15) is 9.18 Å². The monoisotopic (exact) mass is 322 g/mol. The van der Waals surface area contributed by atoms with Gasteiger partial charge in [-0.05, 0) is 36.6 Å². The molecule has 24 heavy (non-hydrogen) atoms. The molecule has 2 aromatic carbocycles. The summed E-state index contributed by atoms with van der Waals surface area (Å²) in [7, 11) is 0. The maximum atomic E-state index is 14.2. The van der Waals surface area contributed by atoms with Gasteiger partial charge >= 0.3 is 0 Å². The average Bonchev–Trinajstić information content (AvgIpc) is 3.16. The fraction of sp³-hybridized carbons (Fsp3) is 0.158. The van der Waals surface area contributed by atoms with Crippen LogP contribution in [-0.4, -0.2) is 17.4 Å². The first-order chi connectivity index (χ1) is 11.7. The van der Waals surface area contributed by atoms with Crippen molar-refractivity contribution in [1.82, 2.24) is 4.98 Å². The quantitative estimate of drug-likeness (QED) is 0.714. The van der Waals surface area contributed by atoms with Gasteiger partial charge in [-0.3, -0.25) is 4.79 Å². The predicted molar refractivity (Wildman–Crippen MR) is 88.3 cm³/mol. The van der Waals surface area contributed by atoms with Gasteiger partial charge in [0.1, 0.15) is 5.82 Å². The summed E-state index contributed by atoms with van der Waals surface area (Å²) in [6.45, 7) is 0.524. The van der Waals surface area contributed by atoms with Crippen LogP contribution in [0.4, 0.5) is 10.1 Å². The number of aryl methyl sites for hydroxylation is 1. The Bertz CT molecular complexity index is 873. The van der Waals surface area contributed by atoms with Gasteiger partial charge in [-0.15, -0.1) is 0 Å². The first-order valence-electron chi connectivity index (χ1n) is 7.82. The topological polar surface area (TPSA) is 46.3 Å². The van der Waals surface area contributed by atoms with Gasteiger partial charge in [0, 0.05) is 17.7 Å². The van der Waals surface area contributed by atoms with Crippen molar-refractivity contribution in [1.29, 1.82) is 0 Å². The molecule has 0 atom stereocenters. The number of rotatable bonds is 2. The molecule has 0 bridgehead atoms. The van der Waals surface area contributed by atoms with Gasteiger partial charge in [0.15, 0.2) is 12.2 Å². The lowest BCUT2D eigenvalue weighted by Gasteiger charge is -2.29. The summed E-state index contributed by atoms with van der Waals surface area (Å²) in [4.78, 5) is 18.3. The molecule has 0 saturated heterocycles. The molecule has 0 fully saturated rings. The second-order valence-electron chi connectivity index (χ2n) is 5.75. The smallest absolute Gasteiger partial charge is 0.258 e. The zero-order chi connectivity index (χ0) is 16.5. The van der Waals surface area contributed by atoms with E-state index in [2.05, 4.69) is 4.98 Å². The molecule has 120 valence electrons. The van der Waals surface area contributed by atoms with Gasteiger partial charge < -0.3 is 9.32 Å². The van der Waals surface area contributed by atoms with E-state index >= 15 is 0 Å². The Balaban J connectivity index is 1.66. The van der Waals surface area contributed by atoms with Gasteiger partial charge in [-0.25, -0.2) is 9.37 Å². The maximum Gasteiger partial charge on any atom is 0.258 e. The molecule has 0 aliphatic carbocycles. The summed E-state index contributed by atoms with van der Waals surface area (Å²) in [5.74, 6) is 0.104. The molecule has 4 rings (SSSR count). The van der Waals surface area contributed by atoms with E-state index in [0.29, 0.717) is 23.6 Å². The maximum absolute atomic E-state index is 14.2. The molecule has 0 spiro atoms. The highest BCUT2D eigenvalue weighted by Gasteiger charge is 2.26. The summed E-state index contributed by atoms with van der Waals surface area (Å²) in [5.41, 5.74) is 2.66. The van der Waals surface area contributed by atoms with Gasteiger partial charge in [0.05, 0.1) is 11.9 Å². The number of halogens is 1. The van der Waals surface area contributed by atoms with E-state index in [1.165, 1.54) is 17.4 Å². The largest absolute Gasteiger partial charge is 0.444 e. The number of oxazole rings is 1. The van der Waals surface area contributed by atoms with Crippen molar-refractivity contribution in [2.75, 3.05) is 11.4 Å². The fourth-order valence-corrected chi connectivity index (χ4v) is 3.10. The summed E-state index contributed by atoms with van der Waals surface area (Å²) in [6.07, 6.45) is 4.61. The number of anilines is 1. The number of aromatic nitrogens is 1. The number of amides is 1. The Morgan fingerprint density at radius 1 is 1.17 bits per heavy atom. The van der Waals surface area contributed by atoms with Crippen molar-refractivity contribution in [2.24, 2.45) is 0 Å². The minimum absolute atomic E-state index is 0.190. The van der Waals surface area contributed by atoms with Crippen LogP contribution in [0.2, 0.25) is 0 Å². The van der Waals surface area contributed by atoms with Crippen LogP contribution in [0.5, 0.6) is 0 Å². The van der Waals surface area contributed by atoms with Crippen LogP contribution >= 0.6 is 0 Å². The number of nitrogens with zero attached hydrogens (tertiary/aromatic N) is 2. The number of carbonyl (C=O) groups is 1. The zero-order valence-corrected chi connectivity index (χ0v) is 12.9. The molecule has 1 aliphatic heterocycles. The molecule has 0 N–H and O–H groups in total. The Kier molecular flexibility index (Phi) is 3.61. The van der Waals surface area contributed by atoms with Crippen molar-refractivity contribution < 1.29 is 13.6 Å². The summed E-state index contributed by atoms with van der Waals surface area (Å²) < 4.78 is 19.5. The normalized spacial score (nSPS) is 13.6. The number of hydrogen-bond donors (Lipinski definition) is 0. The molecule has 3 aromatic rings. The standard InChI is InChI=1S/C19H15FN2O2/c20-16-5-1-3-14-4-2-10-22(18(14)16)19(23)15-8-6-13(7-9-15)17-11-21-12-24-17/h1,3,5-9,11-12H,2,4,10H2. The van der Waals surface area contributed by atoms with Crippen LogP contribution in [0, 0.1) is 5.82 Å². The van der Waals surface area contributed by atoms with Gasteiger partial charge in [-0.1, -0.05) is 24.3 Å². The molecule has 1 amide bonds. The average molecular weight is 322 g/mol. The van der Waals surface area contributed by atoms with Crippen molar-refractivity contribution in [3.05, 3.63) is 72.0 Å². The first kappa shape index (κ1) is 14.6. The minimum atomic E-state index is -0.348. The summed E-state index contributed by atoms with van der Waals surface area (Å²) >= 11 is 0. The highest BCUT2D eigenvalue weighted by atomic mass is 19.1. The summed E-state index contributed by atoms with van der Waals surface area (Å²) in [6, 6.07) is 12.0. The van der Waals surface area contributed by atoms with Crippen molar-refractivity contribution in [2.45, 2.75) is 12.8 Å². The molecule has 5 heteroatoms. The molecular weight excluding hydrogens is 307 g/mol. The van der Waals surface area contributed by atoms with Crippen LogP contribution in [0.3, 0.4) is 0 Å². The molecule has 1 aromatic heterocycles. The lowest BCUT2D eigenvalue weighted by atomic mass is 10.00. The fourth-order valence-electron chi connectivity index (χ4n) is 3.10. The molecule has 0 radical (unpaired) electrons. The number of carbonyl (C=O) groups excluding carboxylic acids is 1. The molecule has 1 aliphatic rings. The SMILES string of the molecule is O=C(c1ccc(-c2cnco2)cc1)N1CCCc2cccc(F)c21. The van der Waals surface area contributed by atoms with Crippen LogP contribution in [0.1, 0.15) is 22.3 Å². The first-order valence-corrected chi connectivity index (χ1v) is 7.82. The third-order valence-electron chi connectivity index (χ3n) is 4.26. The Hall–Kier alpha value is -2.95. The molecule has 0 saturated carbocycles. The van der Waals surface area contributed by atoms with E-state index in [-0.39, 0.29) is 11.7 Å². The van der Waals surface area contributed by atoms with Crippen molar-refractivity contribution in [3.63, 3.8) is 0 Å². The van der Waals surface area contributed by atoms with Gasteiger partial charge in [0.2, 0.25) is 0 Å². The molecule has 4 nitrogen and oxygen atoms in total.